The van der Waals surface area contributed by atoms with Gasteiger partial charge in [-0.25, -0.2) is 0 Å². The smallest absolute Gasteiger partial charge is 0.303 e. The third-order valence-electron chi connectivity index (χ3n) is 3.54. The van der Waals surface area contributed by atoms with Crippen molar-refractivity contribution in [2.45, 2.75) is 19.1 Å². The Hall–Kier alpha value is -1.98. The fourth-order valence-electron chi connectivity index (χ4n) is 2.44. The first-order valence-electron chi connectivity index (χ1n) is 7.34. The van der Waals surface area contributed by atoms with Crippen LogP contribution >= 0.6 is 15.9 Å². The maximum absolute atomic E-state index is 12.8. The van der Waals surface area contributed by atoms with Crippen molar-refractivity contribution in [2.24, 2.45) is 0 Å². The highest BCUT2D eigenvalue weighted by molar-refractivity contribution is 9.10. The number of halogens is 1. The third kappa shape index (κ3) is 4.50. The Morgan fingerprint density at radius 2 is 1.65 bits per heavy atom. The number of likely N-dealkylation sites (N-methyl/N-ethyl adjacent to an activating group) is 1. The molecule has 0 aromatic heterocycles. The molecule has 0 unspecified atom stereocenters. The molecular formula is C18H19BrNO3+. The van der Waals surface area contributed by atoms with Gasteiger partial charge in [-0.15, -0.1) is 0 Å². The Labute approximate surface area is 144 Å². The van der Waals surface area contributed by atoms with Gasteiger partial charge in [0.05, 0.1) is 7.05 Å². The molecule has 0 radical (unpaired) electrons. The summed E-state index contributed by atoms with van der Waals surface area (Å²) in [7, 11) is 1.81. The van der Waals surface area contributed by atoms with Gasteiger partial charge in [0.15, 0.2) is 12.1 Å². The van der Waals surface area contributed by atoms with Crippen LogP contribution in [0.4, 0.5) is 0 Å². The van der Waals surface area contributed by atoms with Crippen LogP contribution in [0.3, 0.4) is 0 Å². The summed E-state index contributed by atoms with van der Waals surface area (Å²) in [6.07, 6.45) is -0.630. The molecule has 2 aromatic carbocycles. The van der Waals surface area contributed by atoms with E-state index in [2.05, 4.69) is 15.9 Å². The molecule has 2 aromatic rings. The van der Waals surface area contributed by atoms with Gasteiger partial charge >= 0.3 is 5.97 Å². The van der Waals surface area contributed by atoms with E-state index in [1.54, 1.807) is 24.5 Å². The molecule has 2 atom stereocenters. The summed E-state index contributed by atoms with van der Waals surface area (Å²) >= 11 is 3.36. The van der Waals surface area contributed by atoms with E-state index in [4.69, 9.17) is 4.74 Å². The SMILES string of the molecule is C[NH2+][C@@H](C(=O)c1ccc(Br)cc1)[C@H](OC(C)=O)c1ccccc1. The summed E-state index contributed by atoms with van der Waals surface area (Å²) in [6.45, 7) is 1.35. The summed E-state index contributed by atoms with van der Waals surface area (Å²) in [5, 5.41) is 1.78. The second-order valence-corrected chi connectivity index (χ2v) is 6.09. The molecule has 0 fully saturated rings. The Kier molecular flexibility index (Phi) is 6.07. The minimum Gasteiger partial charge on any atom is -0.451 e. The fourth-order valence-corrected chi connectivity index (χ4v) is 2.70. The number of Topliss-reactive ketones (excluding diaryl/α,β-unsaturated/α-hetero) is 1. The number of nitrogens with two attached hydrogens (primary N) is 1. The lowest BCUT2D eigenvalue weighted by Gasteiger charge is -2.23. The van der Waals surface area contributed by atoms with Crippen molar-refractivity contribution in [3.8, 4) is 0 Å². The number of hydrogen-bond acceptors (Lipinski definition) is 3. The highest BCUT2D eigenvalue weighted by atomic mass is 79.9. The second kappa shape index (κ2) is 8.04. The van der Waals surface area contributed by atoms with Crippen molar-refractivity contribution < 1.29 is 19.6 Å². The average molecular weight is 377 g/mol. The Balaban J connectivity index is 2.35. The normalized spacial score (nSPS) is 13.2. The van der Waals surface area contributed by atoms with Gasteiger partial charge in [-0.2, -0.15) is 0 Å². The summed E-state index contributed by atoms with van der Waals surface area (Å²) in [5.74, 6) is -0.482. The largest absolute Gasteiger partial charge is 0.451 e. The van der Waals surface area contributed by atoms with E-state index in [1.165, 1.54) is 6.92 Å². The van der Waals surface area contributed by atoms with Crippen LogP contribution in [0.5, 0.6) is 0 Å². The molecule has 0 amide bonds. The maximum Gasteiger partial charge on any atom is 0.303 e. The highest BCUT2D eigenvalue weighted by Crippen LogP contribution is 2.23. The van der Waals surface area contributed by atoms with E-state index in [9.17, 15) is 9.59 Å². The average Bonchev–Trinajstić information content (AvgIpc) is 2.55. The van der Waals surface area contributed by atoms with Gasteiger partial charge in [-0.1, -0.05) is 58.4 Å². The van der Waals surface area contributed by atoms with Gasteiger partial charge in [0.2, 0.25) is 5.78 Å². The summed E-state index contributed by atoms with van der Waals surface area (Å²) in [4.78, 5) is 24.3. The van der Waals surface area contributed by atoms with E-state index in [-0.39, 0.29) is 5.78 Å². The monoisotopic (exact) mass is 376 g/mol. The first kappa shape index (κ1) is 17.4. The molecule has 0 aliphatic carbocycles. The van der Waals surface area contributed by atoms with Crippen LogP contribution in [-0.4, -0.2) is 24.8 Å². The molecule has 0 saturated carbocycles. The molecule has 2 rings (SSSR count). The first-order chi connectivity index (χ1) is 11.0. The van der Waals surface area contributed by atoms with Gasteiger partial charge in [-0.05, 0) is 17.7 Å². The lowest BCUT2D eigenvalue weighted by molar-refractivity contribution is -0.657. The zero-order valence-corrected chi connectivity index (χ0v) is 14.6. The van der Waals surface area contributed by atoms with E-state index in [1.807, 2.05) is 42.5 Å². The van der Waals surface area contributed by atoms with Crippen LogP contribution in [0.15, 0.2) is 59.1 Å². The second-order valence-electron chi connectivity index (χ2n) is 5.17. The van der Waals surface area contributed by atoms with Crippen molar-refractivity contribution in [3.05, 3.63) is 70.2 Å². The molecule has 0 saturated heterocycles. The number of quaternary nitrogens is 1. The standard InChI is InChI=1S/C18H18BrNO3/c1-12(21)23-18(14-6-4-3-5-7-14)16(20-2)17(22)13-8-10-15(19)11-9-13/h3-11,16,18,20H,1-2H3/p+1/t16-,18+/m0/s1. The molecule has 2 N–H and O–H groups in total. The molecule has 23 heavy (non-hydrogen) atoms. The molecule has 0 aliphatic rings. The summed E-state index contributed by atoms with van der Waals surface area (Å²) in [5.41, 5.74) is 1.39. The van der Waals surface area contributed by atoms with Crippen LogP contribution < -0.4 is 5.32 Å². The number of carbonyl (C=O) groups excluding carboxylic acids is 2. The molecule has 0 bridgehead atoms. The van der Waals surface area contributed by atoms with Crippen molar-refractivity contribution in [3.63, 3.8) is 0 Å². The summed E-state index contributed by atoms with van der Waals surface area (Å²) < 4.78 is 6.36. The van der Waals surface area contributed by atoms with Crippen LogP contribution in [0.2, 0.25) is 0 Å². The third-order valence-corrected chi connectivity index (χ3v) is 4.07. The van der Waals surface area contributed by atoms with Crippen molar-refractivity contribution in [2.75, 3.05) is 7.05 Å². The van der Waals surface area contributed by atoms with Gasteiger partial charge in [0.25, 0.3) is 0 Å². The molecule has 4 nitrogen and oxygen atoms in total. The molecule has 0 spiro atoms. The number of carbonyl (C=O) groups is 2. The molecular weight excluding hydrogens is 358 g/mol. The number of benzene rings is 2. The van der Waals surface area contributed by atoms with Gasteiger partial charge < -0.3 is 10.1 Å². The van der Waals surface area contributed by atoms with E-state index >= 15 is 0 Å². The zero-order chi connectivity index (χ0) is 16.8. The quantitative estimate of drug-likeness (QED) is 0.622. The number of ether oxygens (including phenoxy) is 1. The number of ketones is 1. The van der Waals surface area contributed by atoms with Crippen molar-refractivity contribution in [1.82, 2.24) is 0 Å². The Morgan fingerprint density at radius 3 is 2.17 bits per heavy atom. The predicted octanol–water partition coefficient (Wildman–Crippen LogP) is 2.50. The fraction of sp³-hybridized carbons (Fsp3) is 0.222. The van der Waals surface area contributed by atoms with Crippen LogP contribution in [0.25, 0.3) is 0 Å². The summed E-state index contributed by atoms with van der Waals surface area (Å²) in [6, 6.07) is 16.0. The van der Waals surface area contributed by atoms with Crippen molar-refractivity contribution in [1.29, 1.82) is 0 Å². The zero-order valence-electron chi connectivity index (χ0n) is 13.0. The highest BCUT2D eigenvalue weighted by Gasteiger charge is 2.34. The topological polar surface area (TPSA) is 60.0 Å². The molecule has 5 heteroatoms. The lowest BCUT2D eigenvalue weighted by atomic mass is 9.95. The minimum absolute atomic E-state index is 0.0740. The van der Waals surface area contributed by atoms with E-state index in [0.29, 0.717) is 5.56 Å². The van der Waals surface area contributed by atoms with Gasteiger partial charge in [0.1, 0.15) is 0 Å². The number of hydrogen-bond donors (Lipinski definition) is 1. The first-order valence-corrected chi connectivity index (χ1v) is 8.13. The number of rotatable bonds is 6. The van der Waals surface area contributed by atoms with Crippen LogP contribution in [0.1, 0.15) is 28.9 Å². The van der Waals surface area contributed by atoms with Crippen LogP contribution in [-0.2, 0) is 9.53 Å². The van der Waals surface area contributed by atoms with Gasteiger partial charge in [0, 0.05) is 17.0 Å². The van der Waals surface area contributed by atoms with E-state index < -0.39 is 18.1 Å². The minimum atomic E-state index is -0.630. The van der Waals surface area contributed by atoms with Crippen LogP contribution in [0, 0.1) is 0 Å². The lowest BCUT2D eigenvalue weighted by Crippen LogP contribution is -2.89. The molecule has 0 heterocycles. The van der Waals surface area contributed by atoms with Gasteiger partial charge in [-0.3, -0.25) is 9.59 Å². The predicted molar refractivity (Wildman–Crippen MR) is 91.1 cm³/mol. The molecule has 0 aliphatic heterocycles. The Bertz CT molecular complexity index is 670. The molecule has 120 valence electrons. The Morgan fingerprint density at radius 1 is 1.04 bits per heavy atom. The number of esters is 1. The maximum atomic E-state index is 12.8. The van der Waals surface area contributed by atoms with E-state index in [0.717, 1.165) is 10.0 Å². The van der Waals surface area contributed by atoms with Crippen molar-refractivity contribution >= 4 is 27.7 Å².